The van der Waals surface area contributed by atoms with Crippen LogP contribution in [0.2, 0.25) is 5.02 Å². The second-order valence-electron chi connectivity index (χ2n) is 20.1. The third kappa shape index (κ3) is 48.2. The maximum Gasteiger partial charge on any atom is 0.200 e. The van der Waals surface area contributed by atoms with E-state index in [0.29, 0.717) is 295 Å². The lowest BCUT2D eigenvalue weighted by molar-refractivity contribution is -0.532. The number of nitrogens with zero attached hydrogens (tertiary/aromatic N) is 2. The van der Waals surface area contributed by atoms with Crippen LogP contribution in [0.5, 0.6) is 0 Å². The molecule has 94 heavy (non-hydrogen) atoms. The first kappa shape index (κ1) is 84.7. The van der Waals surface area contributed by atoms with E-state index >= 15 is 0 Å². The van der Waals surface area contributed by atoms with Crippen molar-refractivity contribution in [2.45, 2.75) is 0 Å². The number of hydrogen-bond acceptors (Lipinski definition) is 25. The molecule has 27 heteroatoms. The molecular formula is C67H112ClN2O24+. The largest absolute Gasteiger partial charge is 0.394 e. The van der Waals surface area contributed by atoms with Gasteiger partial charge in [0, 0.05) is 36.0 Å². The normalized spacial score (nSPS) is 12.3. The van der Waals surface area contributed by atoms with Gasteiger partial charge >= 0.3 is 0 Å². The average Bonchev–Trinajstić information content (AvgIpc) is 0.829. The fraction of sp³-hybridized carbons (Fsp3) is 0.716. The van der Waals surface area contributed by atoms with Gasteiger partial charge in [-0.3, -0.25) is 0 Å². The quantitative estimate of drug-likeness (QED) is 0.0548. The highest BCUT2D eigenvalue weighted by atomic mass is 35.5. The molecule has 3 rings (SSSR count). The van der Waals surface area contributed by atoms with Gasteiger partial charge in [0.1, 0.15) is 13.2 Å². The van der Waals surface area contributed by atoms with E-state index in [2.05, 4.69) is 64.1 Å². The summed E-state index contributed by atoms with van der Waals surface area (Å²) in [6.07, 6.45) is 8.54. The zero-order valence-electron chi connectivity index (χ0n) is 55.6. The van der Waals surface area contributed by atoms with Gasteiger partial charge in [0.15, 0.2) is 18.8 Å². The molecule has 0 unspecified atom stereocenters. The molecule has 0 heterocycles. The molecule has 0 bridgehead atoms. The molecule has 26 nitrogen and oxygen atoms in total. The molecule has 2 aromatic rings. The fourth-order valence-corrected chi connectivity index (χ4v) is 8.64. The second kappa shape index (κ2) is 65.4. The SMILES string of the molecule is OCCOCCOCCOCCOCCOCCN(CCOCCOCCOCCOCCOCCO)c1ccc(C(=C2C=CC(=[N+](CCOCCOCCOCCOCCOCCO)CCOCCOCCOCCOCCOCCO)C=C2)c2cccc(Cl)c2)cc1. The molecule has 0 aliphatic heterocycles. The van der Waals surface area contributed by atoms with Crippen molar-refractivity contribution in [1.29, 1.82) is 0 Å². The van der Waals surface area contributed by atoms with Crippen molar-refractivity contribution in [3.63, 3.8) is 0 Å². The van der Waals surface area contributed by atoms with Crippen molar-refractivity contribution < 1.29 is 120 Å². The summed E-state index contributed by atoms with van der Waals surface area (Å²) in [5.41, 5.74) is 6.04. The Morgan fingerprint density at radius 3 is 0.840 bits per heavy atom. The van der Waals surface area contributed by atoms with Gasteiger partial charge in [-0.2, -0.15) is 0 Å². The summed E-state index contributed by atoms with van der Waals surface area (Å²) in [6, 6.07) is 16.4. The van der Waals surface area contributed by atoms with Gasteiger partial charge in [-0.15, -0.1) is 0 Å². The summed E-state index contributed by atoms with van der Waals surface area (Å²) < 4.78 is 114. The molecule has 4 N–H and O–H groups in total. The average molecular weight is 1370 g/mol. The Morgan fingerprint density at radius 2 is 0.564 bits per heavy atom. The number of aliphatic hydroxyl groups is 4. The minimum atomic E-state index is -0.00680. The summed E-state index contributed by atoms with van der Waals surface area (Å²) in [7, 11) is 0. The number of anilines is 1. The van der Waals surface area contributed by atoms with Crippen molar-refractivity contribution in [3.05, 3.63) is 94.6 Å². The maximum absolute atomic E-state index is 8.79. The van der Waals surface area contributed by atoms with Crippen LogP contribution in [-0.4, -0.2) is 348 Å². The Bertz CT molecular complexity index is 2040. The third-order valence-corrected chi connectivity index (χ3v) is 13.3. The second-order valence-corrected chi connectivity index (χ2v) is 20.5. The first-order valence-corrected chi connectivity index (χ1v) is 33.3. The number of rotatable bonds is 71. The van der Waals surface area contributed by atoms with Crippen LogP contribution < -0.4 is 4.90 Å². The number of allylic oxidation sites excluding steroid dienone is 5. The van der Waals surface area contributed by atoms with Gasteiger partial charge in [-0.25, -0.2) is 4.58 Å². The highest BCUT2D eigenvalue weighted by molar-refractivity contribution is 6.30. The van der Waals surface area contributed by atoms with Crippen LogP contribution >= 0.6 is 11.6 Å². The summed E-state index contributed by atoms with van der Waals surface area (Å²) in [6.45, 7) is 19.6. The number of aliphatic hydroxyl groups excluding tert-OH is 4. The zero-order chi connectivity index (χ0) is 66.8. The monoisotopic (exact) mass is 1360 g/mol. The molecule has 0 aromatic heterocycles. The fourth-order valence-electron chi connectivity index (χ4n) is 8.45. The van der Waals surface area contributed by atoms with Gasteiger partial charge in [0.05, 0.1) is 277 Å². The van der Waals surface area contributed by atoms with Crippen LogP contribution in [0.25, 0.3) is 5.57 Å². The summed E-state index contributed by atoms with van der Waals surface area (Å²) in [5.74, 6) is 0. The lowest BCUT2D eigenvalue weighted by atomic mass is 9.90. The van der Waals surface area contributed by atoms with E-state index in [-0.39, 0.29) is 26.4 Å². The lowest BCUT2D eigenvalue weighted by Gasteiger charge is -2.25. The van der Waals surface area contributed by atoms with Gasteiger partial charge in [-0.1, -0.05) is 35.9 Å². The topological polar surface area (TPSA) is 272 Å². The number of benzene rings is 2. The van der Waals surface area contributed by atoms with Crippen LogP contribution in [-0.2, 0) is 94.7 Å². The molecule has 0 radical (unpaired) electrons. The van der Waals surface area contributed by atoms with Crippen molar-refractivity contribution in [3.8, 4) is 0 Å². The van der Waals surface area contributed by atoms with E-state index < -0.39 is 0 Å². The van der Waals surface area contributed by atoms with Crippen LogP contribution in [0.1, 0.15) is 11.1 Å². The smallest absolute Gasteiger partial charge is 0.200 e. The lowest BCUT2D eigenvalue weighted by Crippen LogP contribution is -2.31. The third-order valence-electron chi connectivity index (χ3n) is 13.1. The van der Waals surface area contributed by atoms with Gasteiger partial charge in [0.25, 0.3) is 0 Å². The van der Waals surface area contributed by atoms with E-state index in [0.717, 1.165) is 33.7 Å². The van der Waals surface area contributed by atoms with E-state index in [4.69, 9.17) is 127 Å². The zero-order valence-corrected chi connectivity index (χ0v) is 56.4. The first-order valence-electron chi connectivity index (χ1n) is 32.9. The molecule has 0 amide bonds. The molecule has 1 aliphatic carbocycles. The highest BCUT2D eigenvalue weighted by Crippen LogP contribution is 2.32. The predicted molar refractivity (Wildman–Crippen MR) is 354 cm³/mol. The Balaban J connectivity index is 1.63. The molecular weight excluding hydrogens is 1250 g/mol. The highest BCUT2D eigenvalue weighted by Gasteiger charge is 2.18. The molecule has 0 fully saturated rings. The number of ether oxygens (including phenoxy) is 20. The molecule has 2 aromatic carbocycles. The molecule has 540 valence electrons. The van der Waals surface area contributed by atoms with E-state index in [1.54, 1.807) is 0 Å². The van der Waals surface area contributed by atoms with Gasteiger partial charge in [-0.05, 0) is 58.7 Å². The van der Waals surface area contributed by atoms with Crippen molar-refractivity contribution in [1.82, 2.24) is 0 Å². The standard InChI is InChI=1S/C67H112ClN2O24/c68-64-3-1-2-63(60-64)67(61-4-8-65(9-5-61)69(12-20-75-28-36-83-44-52-91-56-48-87-40-32-79-24-16-71)13-21-76-29-37-84-45-53-92-57-49-88-41-33-80-25-17-72)62-6-10-66(11-7-62)70(14-22-77-30-38-85-46-54-93-58-50-89-42-34-81-26-18-73)15-23-78-31-39-86-47-55-94-59-51-90-43-35-82-27-19-74/h1-11,60,71-74H,12-59H2/q+1. The Hall–Kier alpha value is -3.54. The molecule has 0 saturated carbocycles. The van der Waals surface area contributed by atoms with E-state index in [1.165, 1.54) is 0 Å². The first-order chi connectivity index (χ1) is 46.6. The Kier molecular flexibility index (Phi) is 58.9. The minimum Gasteiger partial charge on any atom is -0.394 e. The van der Waals surface area contributed by atoms with Crippen molar-refractivity contribution in [2.75, 3.05) is 322 Å². The Morgan fingerprint density at radius 1 is 0.298 bits per heavy atom. The number of halogens is 1. The van der Waals surface area contributed by atoms with Crippen LogP contribution in [0.3, 0.4) is 0 Å². The summed E-state index contributed by atoms with van der Waals surface area (Å²) in [4.78, 5) is 2.25. The minimum absolute atomic E-state index is 0.00680. The van der Waals surface area contributed by atoms with Crippen LogP contribution in [0, 0.1) is 0 Å². The summed E-state index contributed by atoms with van der Waals surface area (Å²) in [5, 5.41) is 35.8. The molecule has 0 saturated heterocycles. The molecule has 1 aliphatic rings. The number of hydrogen-bond donors (Lipinski definition) is 4. The Labute approximate surface area is 562 Å². The van der Waals surface area contributed by atoms with E-state index in [9.17, 15) is 0 Å². The van der Waals surface area contributed by atoms with Crippen LogP contribution in [0.15, 0.2) is 78.4 Å². The summed E-state index contributed by atoms with van der Waals surface area (Å²) >= 11 is 6.68. The van der Waals surface area contributed by atoms with Crippen molar-refractivity contribution in [2.24, 2.45) is 0 Å². The molecule has 0 spiro atoms. The van der Waals surface area contributed by atoms with Gasteiger partial charge in [0.2, 0.25) is 0 Å². The predicted octanol–water partition coefficient (Wildman–Crippen LogP) is 2.83. The van der Waals surface area contributed by atoms with E-state index in [1.807, 2.05) is 18.2 Å². The van der Waals surface area contributed by atoms with Crippen LogP contribution in [0.4, 0.5) is 5.69 Å². The van der Waals surface area contributed by atoms with Gasteiger partial charge < -0.3 is 120 Å². The maximum atomic E-state index is 8.79. The van der Waals surface area contributed by atoms with Crippen molar-refractivity contribution >= 4 is 28.6 Å². The molecule has 0 atom stereocenters.